The first-order valence-electron chi connectivity index (χ1n) is 16.2. The third kappa shape index (κ3) is 9.19. The Hall–Kier alpha value is -1.76. The van der Waals surface area contributed by atoms with Gasteiger partial charge in [0.15, 0.2) is 0 Å². The second-order valence-electron chi connectivity index (χ2n) is 12.3. The van der Waals surface area contributed by atoms with Crippen LogP contribution in [-0.2, 0) is 0 Å². The Labute approximate surface area is 228 Å². The molecular formula is C36H54O. The van der Waals surface area contributed by atoms with Gasteiger partial charge < -0.3 is 5.11 Å². The van der Waals surface area contributed by atoms with Crippen LogP contribution in [0.4, 0.5) is 0 Å². The lowest BCUT2D eigenvalue weighted by atomic mass is 9.80. The predicted molar refractivity (Wildman–Crippen MR) is 161 cm³/mol. The van der Waals surface area contributed by atoms with Crippen molar-refractivity contribution in [3.8, 4) is 16.9 Å². The van der Waals surface area contributed by atoms with Gasteiger partial charge in [-0.1, -0.05) is 152 Å². The highest BCUT2D eigenvalue weighted by Gasteiger charge is 2.23. The van der Waals surface area contributed by atoms with Crippen molar-refractivity contribution in [1.82, 2.24) is 0 Å². The van der Waals surface area contributed by atoms with E-state index >= 15 is 0 Å². The van der Waals surface area contributed by atoms with E-state index in [9.17, 15) is 5.11 Å². The van der Waals surface area contributed by atoms with Crippen molar-refractivity contribution >= 4 is 0 Å². The molecule has 0 heterocycles. The lowest BCUT2D eigenvalue weighted by Crippen LogP contribution is -2.06. The summed E-state index contributed by atoms with van der Waals surface area (Å²) in [6, 6.07) is 15.6. The van der Waals surface area contributed by atoms with Crippen LogP contribution in [0.15, 0.2) is 42.5 Å². The molecule has 2 fully saturated rings. The molecule has 1 heteroatoms. The summed E-state index contributed by atoms with van der Waals surface area (Å²) in [5, 5.41) is 11.8. The monoisotopic (exact) mass is 502 g/mol. The largest absolute Gasteiger partial charge is 0.507 e. The highest BCUT2D eigenvalue weighted by molar-refractivity contribution is 5.73. The summed E-state index contributed by atoms with van der Waals surface area (Å²) in [7, 11) is 0. The van der Waals surface area contributed by atoms with Gasteiger partial charge in [0.1, 0.15) is 5.75 Å². The van der Waals surface area contributed by atoms with Gasteiger partial charge in [0.2, 0.25) is 0 Å². The molecule has 2 aromatic rings. The van der Waals surface area contributed by atoms with E-state index < -0.39 is 0 Å². The average Bonchev–Trinajstić information content (AvgIpc) is 2.90. The summed E-state index contributed by atoms with van der Waals surface area (Å²) in [5.41, 5.74) is 5.02. The first-order valence-corrected chi connectivity index (χ1v) is 16.2. The maximum Gasteiger partial charge on any atom is 0.126 e. The summed E-state index contributed by atoms with van der Waals surface area (Å²) < 4.78 is 0. The third-order valence-corrected chi connectivity index (χ3v) is 9.37. The average molecular weight is 503 g/mol. The minimum absolute atomic E-state index is 0.494. The molecule has 0 aliphatic heterocycles. The number of hydrogen-bond acceptors (Lipinski definition) is 1. The molecule has 2 aromatic carbocycles. The van der Waals surface area contributed by atoms with Crippen LogP contribution < -0.4 is 0 Å². The van der Waals surface area contributed by atoms with E-state index in [1.54, 1.807) is 0 Å². The first-order chi connectivity index (χ1) is 18.3. The molecule has 204 valence electrons. The number of phenolic OH excluding ortho intramolecular Hbond substituents is 1. The molecule has 2 aliphatic rings. The van der Waals surface area contributed by atoms with Crippen molar-refractivity contribution < 1.29 is 5.11 Å². The quantitative estimate of drug-likeness (QED) is 0.442. The van der Waals surface area contributed by atoms with Crippen LogP contribution in [0.1, 0.15) is 164 Å². The number of hydrogen-bond donors (Lipinski definition) is 1. The molecule has 0 aromatic heterocycles. The molecule has 37 heavy (non-hydrogen) atoms. The van der Waals surface area contributed by atoms with Crippen LogP contribution in [0, 0.1) is 0 Å². The molecule has 0 bridgehead atoms. The summed E-state index contributed by atoms with van der Waals surface area (Å²) in [6.07, 6.45) is 30.0. The number of phenols is 1. The summed E-state index contributed by atoms with van der Waals surface area (Å²) >= 11 is 0. The maximum atomic E-state index is 11.8. The van der Waals surface area contributed by atoms with Gasteiger partial charge in [-0.15, -0.1) is 0 Å². The fraction of sp³-hybridized carbons (Fsp3) is 0.667. The second-order valence-corrected chi connectivity index (χ2v) is 12.3. The minimum atomic E-state index is 0.494. The lowest BCUT2D eigenvalue weighted by Gasteiger charge is -2.25. The second kappa shape index (κ2) is 16.3. The fourth-order valence-corrected chi connectivity index (χ4v) is 7.04. The van der Waals surface area contributed by atoms with Crippen molar-refractivity contribution in [3.63, 3.8) is 0 Å². The molecule has 0 spiro atoms. The van der Waals surface area contributed by atoms with E-state index in [2.05, 4.69) is 42.5 Å². The molecule has 0 atom stereocenters. The van der Waals surface area contributed by atoms with Gasteiger partial charge in [-0.3, -0.25) is 0 Å². The normalized spacial score (nSPS) is 21.2. The summed E-state index contributed by atoms with van der Waals surface area (Å²) in [5.74, 6) is 1.70. The summed E-state index contributed by atoms with van der Waals surface area (Å²) in [4.78, 5) is 0. The van der Waals surface area contributed by atoms with Crippen LogP contribution >= 0.6 is 0 Å². The molecule has 0 unspecified atom stereocenters. The zero-order valence-corrected chi connectivity index (χ0v) is 23.7. The number of aromatic hydroxyl groups is 1. The van der Waals surface area contributed by atoms with Crippen LogP contribution in [0.3, 0.4) is 0 Å². The Morgan fingerprint density at radius 1 is 0.459 bits per heavy atom. The third-order valence-electron chi connectivity index (χ3n) is 9.37. The van der Waals surface area contributed by atoms with Crippen LogP contribution in [0.25, 0.3) is 11.1 Å². The van der Waals surface area contributed by atoms with Crippen molar-refractivity contribution in [2.24, 2.45) is 0 Å². The Morgan fingerprint density at radius 3 is 1.32 bits per heavy atom. The van der Waals surface area contributed by atoms with Crippen LogP contribution in [0.2, 0.25) is 0 Å². The molecule has 4 rings (SSSR count). The Kier molecular flexibility index (Phi) is 12.4. The van der Waals surface area contributed by atoms with Crippen LogP contribution in [0.5, 0.6) is 5.75 Å². The minimum Gasteiger partial charge on any atom is -0.507 e. The highest BCUT2D eigenvalue weighted by atomic mass is 16.3. The van der Waals surface area contributed by atoms with E-state index in [4.69, 9.17) is 0 Å². The standard InChI is InChI=1S/C36H54O/c37-36-34(31-24-18-13-9-5-2-6-10-14-19-25-31)28-33(29-35(36)32-26-20-15-21-27-32)30-22-16-11-7-3-1-4-8-12-17-23-30/h15,20-21,26-31,37H,1-14,16-19,22-25H2. The molecule has 2 aliphatic carbocycles. The topological polar surface area (TPSA) is 20.2 Å². The van der Waals surface area contributed by atoms with Crippen molar-refractivity contribution in [1.29, 1.82) is 0 Å². The van der Waals surface area contributed by atoms with Gasteiger partial charge in [0, 0.05) is 5.56 Å². The molecule has 0 radical (unpaired) electrons. The van der Waals surface area contributed by atoms with Gasteiger partial charge in [-0.05, 0) is 60.3 Å². The van der Waals surface area contributed by atoms with Gasteiger partial charge in [-0.25, -0.2) is 0 Å². The number of rotatable bonds is 3. The van der Waals surface area contributed by atoms with Gasteiger partial charge in [0.25, 0.3) is 0 Å². The van der Waals surface area contributed by atoms with E-state index in [0.717, 1.165) is 5.56 Å². The van der Waals surface area contributed by atoms with Crippen molar-refractivity contribution in [2.75, 3.05) is 0 Å². The van der Waals surface area contributed by atoms with Gasteiger partial charge in [0.05, 0.1) is 0 Å². The van der Waals surface area contributed by atoms with Crippen LogP contribution in [-0.4, -0.2) is 5.11 Å². The SMILES string of the molecule is Oc1c(-c2ccccc2)cc(C2CCCCCCCCCCC2)cc1C1CCCCCCCCCCC1. The Morgan fingerprint density at radius 2 is 0.865 bits per heavy atom. The highest BCUT2D eigenvalue weighted by Crippen LogP contribution is 2.44. The lowest BCUT2D eigenvalue weighted by molar-refractivity contribution is 0.431. The van der Waals surface area contributed by atoms with Gasteiger partial charge in [-0.2, -0.15) is 0 Å². The molecule has 0 saturated heterocycles. The van der Waals surface area contributed by atoms with E-state index in [-0.39, 0.29) is 0 Å². The molecule has 0 amide bonds. The predicted octanol–water partition coefficient (Wildman–Crippen LogP) is 11.8. The Balaban J connectivity index is 1.65. The zero-order valence-electron chi connectivity index (χ0n) is 23.7. The fourth-order valence-electron chi connectivity index (χ4n) is 7.04. The first kappa shape index (κ1) is 28.3. The molecule has 2 saturated carbocycles. The number of benzene rings is 2. The van der Waals surface area contributed by atoms with Gasteiger partial charge >= 0.3 is 0 Å². The summed E-state index contributed by atoms with van der Waals surface area (Å²) in [6.45, 7) is 0. The molecule has 1 N–H and O–H groups in total. The molecule has 1 nitrogen and oxygen atoms in total. The maximum absolute atomic E-state index is 11.8. The van der Waals surface area contributed by atoms with E-state index in [0.29, 0.717) is 17.6 Å². The van der Waals surface area contributed by atoms with E-state index in [1.165, 1.54) is 158 Å². The molecular weight excluding hydrogens is 448 g/mol. The van der Waals surface area contributed by atoms with Crippen molar-refractivity contribution in [2.45, 2.75) is 153 Å². The van der Waals surface area contributed by atoms with Crippen molar-refractivity contribution in [3.05, 3.63) is 53.6 Å². The van der Waals surface area contributed by atoms with E-state index in [1.807, 2.05) is 0 Å². The smallest absolute Gasteiger partial charge is 0.126 e. The Bertz CT molecular complexity index is 861. The zero-order chi connectivity index (χ0) is 25.5.